The predicted molar refractivity (Wildman–Crippen MR) is 102 cm³/mol. The number of hydrogen-bond acceptors (Lipinski definition) is 2. The minimum atomic E-state index is -0.205. The maximum Gasteiger partial charge on any atom is 0.242 e. The number of unbranched alkanes of at least 4 members (excludes halogenated alkanes) is 4. The quantitative estimate of drug-likeness (QED) is 0.304. The third kappa shape index (κ3) is 6.27. The van der Waals surface area contributed by atoms with Gasteiger partial charge in [0.05, 0.1) is 12.2 Å². The van der Waals surface area contributed by atoms with Gasteiger partial charge < -0.3 is 9.69 Å². The highest BCUT2D eigenvalue weighted by atomic mass is 35.5. The smallest absolute Gasteiger partial charge is 0.242 e. The number of amides is 1. The first-order valence-corrected chi connectivity index (χ1v) is 9.63. The topological polar surface area (TPSA) is 37.4 Å². The van der Waals surface area contributed by atoms with Crippen LogP contribution in [-0.4, -0.2) is 24.6 Å². The first-order valence-electron chi connectivity index (χ1n) is 9.10. The number of anilines is 1. The van der Waals surface area contributed by atoms with Crippen LogP contribution in [0.4, 0.5) is 5.69 Å². The molecule has 0 spiro atoms. The summed E-state index contributed by atoms with van der Waals surface area (Å²) in [6.45, 7) is 4.42. The number of carbonyl (C=O) groups excluding carboxylic acids is 2. The van der Waals surface area contributed by atoms with Crippen LogP contribution in [0.5, 0.6) is 0 Å². The van der Waals surface area contributed by atoms with Gasteiger partial charge in [0.25, 0.3) is 0 Å². The first-order chi connectivity index (χ1) is 11.7. The first kappa shape index (κ1) is 20.7. The molecule has 1 rings (SSSR count). The molecular formula is C20H30ClNO2. The summed E-state index contributed by atoms with van der Waals surface area (Å²) in [6, 6.07) is 6.22. The molecule has 0 atom stereocenters. The lowest BCUT2D eigenvalue weighted by Gasteiger charge is -2.26. The van der Waals surface area contributed by atoms with Gasteiger partial charge in [0.15, 0.2) is 0 Å². The van der Waals surface area contributed by atoms with Gasteiger partial charge in [0, 0.05) is 0 Å². The van der Waals surface area contributed by atoms with Crippen LogP contribution in [-0.2, 0) is 22.4 Å². The molecule has 1 aromatic rings. The second-order valence-corrected chi connectivity index (χ2v) is 6.41. The lowest BCUT2D eigenvalue weighted by Crippen LogP contribution is -2.35. The fourth-order valence-electron chi connectivity index (χ4n) is 2.99. The van der Waals surface area contributed by atoms with Gasteiger partial charge in [-0.3, -0.25) is 4.79 Å². The largest absolute Gasteiger partial charge is 0.304 e. The van der Waals surface area contributed by atoms with E-state index in [0.29, 0.717) is 0 Å². The van der Waals surface area contributed by atoms with E-state index in [4.69, 9.17) is 11.6 Å². The molecule has 1 amide bonds. The number of rotatable bonds is 12. The summed E-state index contributed by atoms with van der Waals surface area (Å²) in [5, 5.41) is 0. The van der Waals surface area contributed by atoms with E-state index in [2.05, 4.69) is 32.0 Å². The van der Waals surface area contributed by atoms with Crippen molar-refractivity contribution in [2.75, 3.05) is 17.3 Å². The van der Waals surface area contributed by atoms with E-state index in [-0.39, 0.29) is 18.3 Å². The number of alkyl halides is 1. The van der Waals surface area contributed by atoms with Crippen molar-refractivity contribution >= 4 is 29.5 Å². The van der Waals surface area contributed by atoms with Crippen molar-refractivity contribution in [2.45, 2.75) is 65.2 Å². The molecule has 134 valence electrons. The molecule has 4 heteroatoms. The summed E-state index contributed by atoms with van der Waals surface area (Å²) in [5.74, 6) is -0.311. The number of nitrogens with zero attached hydrogens (tertiary/aromatic N) is 1. The zero-order valence-corrected chi connectivity index (χ0v) is 15.8. The van der Waals surface area contributed by atoms with E-state index in [9.17, 15) is 9.59 Å². The molecule has 0 saturated carbocycles. The molecule has 0 heterocycles. The van der Waals surface area contributed by atoms with Gasteiger partial charge >= 0.3 is 0 Å². The molecule has 0 bridgehead atoms. The van der Waals surface area contributed by atoms with E-state index >= 15 is 0 Å². The number of carbonyl (C=O) groups is 2. The molecule has 0 radical (unpaired) electrons. The Balaban J connectivity index is 3.19. The molecule has 0 aliphatic carbocycles. The van der Waals surface area contributed by atoms with Crippen molar-refractivity contribution in [3.63, 3.8) is 0 Å². The highest BCUT2D eigenvalue weighted by Gasteiger charge is 2.20. The number of aryl methyl sites for hydroxylation is 2. The van der Waals surface area contributed by atoms with E-state index in [1.165, 1.54) is 0 Å². The van der Waals surface area contributed by atoms with Gasteiger partial charge in [-0.15, -0.1) is 11.6 Å². The number of aldehydes is 1. The molecule has 0 aromatic heterocycles. The van der Waals surface area contributed by atoms with Gasteiger partial charge in [0.2, 0.25) is 5.91 Å². The molecule has 0 saturated heterocycles. The van der Waals surface area contributed by atoms with Crippen molar-refractivity contribution in [2.24, 2.45) is 0 Å². The monoisotopic (exact) mass is 351 g/mol. The highest BCUT2D eigenvalue weighted by molar-refractivity contribution is 6.29. The molecule has 24 heavy (non-hydrogen) atoms. The van der Waals surface area contributed by atoms with Crippen LogP contribution >= 0.6 is 11.6 Å². The number of hydrogen-bond donors (Lipinski definition) is 0. The molecule has 1 aromatic carbocycles. The van der Waals surface area contributed by atoms with Crippen LogP contribution in [0.2, 0.25) is 0 Å². The van der Waals surface area contributed by atoms with Crippen LogP contribution in [0, 0.1) is 0 Å². The van der Waals surface area contributed by atoms with E-state index < -0.39 is 0 Å². The zero-order valence-electron chi connectivity index (χ0n) is 15.0. The second-order valence-electron chi connectivity index (χ2n) is 6.14. The Hall–Kier alpha value is -1.35. The standard InChI is InChI=1S/C20H30ClNO2/c1-3-5-7-10-17-12-9-13-18(11-8-6-4-2)20(17)22(14-15-23)19(24)16-21/h9,12-13,15H,3-8,10-11,14,16H2,1-2H3. The Kier molecular flexibility index (Phi) is 10.4. The minimum Gasteiger partial charge on any atom is -0.304 e. The van der Waals surface area contributed by atoms with Crippen molar-refractivity contribution in [3.05, 3.63) is 29.3 Å². The third-order valence-corrected chi connectivity index (χ3v) is 4.47. The molecule has 0 unspecified atom stereocenters. The average molecular weight is 352 g/mol. The van der Waals surface area contributed by atoms with Crippen molar-refractivity contribution in [1.29, 1.82) is 0 Å². The van der Waals surface area contributed by atoms with Crippen LogP contribution < -0.4 is 4.90 Å². The van der Waals surface area contributed by atoms with Crippen LogP contribution in [0.3, 0.4) is 0 Å². The van der Waals surface area contributed by atoms with Gasteiger partial charge in [0.1, 0.15) is 12.2 Å². The predicted octanol–water partition coefficient (Wildman–Crippen LogP) is 4.92. The van der Waals surface area contributed by atoms with E-state index in [0.717, 1.165) is 74.5 Å². The Morgan fingerprint density at radius 2 is 1.58 bits per heavy atom. The van der Waals surface area contributed by atoms with Crippen LogP contribution in [0.15, 0.2) is 18.2 Å². The second kappa shape index (κ2) is 12.1. The minimum absolute atomic E-state index is 0.0666. The normalized spacial score (nSPS) is 10.6. The maximum absolute atomic E-state index is 12.3. The summed E-state index contributed by atoms with van der Waals surface area (Å²) in [4.78, 5) is 25.0. The summed E-state index contributed by atoms with van der Waals surface area (Å²) < 4.78 is 0. The number of benzene rings is 1. The molecule has 0 fully saturated rings. The molecular weight excluding hydrogens is 322 g/mol. The van der Waals surface area contributed by atoms with Gasteiger partial charge in [-0.1, -0.05) is 57.7 Å². The fourth-order valence-corrected chi connectivity index (χ4v) is 3.13. The Labute approximate surface area is 151 Å². The van der Waals surface area contributed by atoms with E-state index in [1.807, 2.05) is 0 Å². The third-order valence-electron chi connectivity index (χ3n) is 4.24. The summed E-state index contributed by atoms with van der Waals surface area (Å²) in [5.41, 5.74) is 3.22. The lowest BCUT2D eigenvalue weighted by molar-refractivity contribution is -0.117. The molecule has 0 aliphatic rings. The van der Waals surface area contributed by atoms with Crippen molar-refractivity contribution in [3.8, 4) is 0 Å². The summed E-state index contributed by atoms with van der Waals surface area (Å²) in [6.07, 6.45) is 9.45. The maximum atomic E-state index is 12.3. The van der Waals surface area contributed by atoms with Gasteiger partial charge in [-0.25, -0.2) is 0 Å². The Bertz CT molecular complexity index is 488. The van der Waals surface area contributed by atoms with E-state index in [1.54, 1.807) is 4.90 Å². The molecule has 0 N–H and O–H groups in total. The van der Waals surface area contributed by atoms with Crippen molar-refractivity contribution in [1.82, 2.24) is 0 Å². The summed E-state index contributed by atoms with van der Waals surface area (Å²) in [7, 11) is 0. The number of halogens is 1. The lowest BCUT2D eigenvalue weighted by atomic mass is 9.97. The van der Waals surface area contributed by atoms with Gasteiger partial charge in [-0.2, -0.15) is 0 Å². The highest BCUT2D eigenvalue weighted by Crippen LogP contribution is 2.29. The zero-order chi connectivity index (χ0) is 17.8. The SMILES string of the molecule is CCCCCc1cccc(CCCCC)c1N(CC=O)C(=O)CCl. The molecule has 3 nitrogen and oxygen atoms in total. The molecule has 0 aliphatic heterocycles. The average Bonchev–Trinajstić information content (AvgIpc) is 2.60. The van der Waals surface area contributed by atoms with Crippen LogP contribution in [0.1, 0.15) is 63.5 Å². The van der Waals surface area contributed by atoms with Crippen molar-refractivity contribution < 1.29 is 9.59 Å². The van der Waals surface area contributed by atoms with Crippen LogP contribution in [0.25, 0.3) is 0 Å². The van der Waals surface area contributed by atoms with Gasteiger partial charge in [-0.05, 0) is 36.8 Å². The Morgan fingerprint density at radius 1 is 1.04 bits per heavy atom. The number of para-hydroxylation sites is 1. The summed E-state index contributed by atoms with van der Waals surface area (Å²) >= 11 is 5.78. The Morgan fingerprint density at radius 3 is 2.00 bits per heavy atom. The fraction of sp³-hybridized carbons (Fsp3) is 0.600.